The van der Waals surface area contributed by atoms with Gasteiger partial charge in [0.15, 0.2) is 0 Å². The van der Waals surface area contributed by atoms with E-state index < -0.39 is 0 Å². The number of rotatable bonds is 4. The van der Waals surface area contributed by atoms with E-state index in [4.69, 9.17) is 0 Å². The first-order chi connectivity index (χ1) is 9.24. The number of Topliss-reactive ketones (excluding diaryl/α,β-unsaturated/α-hetero) is 1. The van der Waals surface area contributed by atoms with Crippen molar-refractivity contribution in [3.8, 4) is 0 Å². The summed E-state index contributed by atoms with van der Waals surface area (Å²) in [4.78, 5) is 26.2. The van der Waals surface area contributed by atoms with Crippen LogP contribution in [-0.4, -0.2) is 35.8 Å². The molecule has 19 heavy (non-hydrogen) atoms. The standard InChI is InChI=1S/C15H26N2O2/c1-2-3-10-16-15(19)17-11-6-8-13(17)12-7-4-5-9-14(12)18/h12-13H,2-11H2,1H3,(H,16,19). The molecule has 2 unspecified atom stereocenters. The van der Waals surface area contributed by atoms with Crippen LogP contribution in [0.5, 0.6) is 0 Å². The SMILES string of the molecule is CCCCNC(=O)N1CCCC1C1CCCCC1=O. The zero-order valence-corrected chi connectivity index (χ0v) is 12.0. The van der Waals surface area contributed by atoms with Crippen LogP contribution in [0.15, 0.2) is 0 Å². The van der Waals surface area contributed by atoms with Crippen LogP contribution in [0.1, 0.15) is 58.3 Å². The van der Waals surface area contributed by atoms with E-state index in [0.717, 1.165) is 58.0 Å². The molecule has 0 radical (unpaired) electrons. The number of carbonyl (C=O) groups excluding carboxylic acids is 2. The lowest BCUT2D eigenvalue weighted by atomic mass is 9.82. The van der Waals surface area contributed by atoms with Crippen LogP contribution in [0.3, 0.4) is 0 Å². The lowest BCUT2D eigenvalue weighted by Gasteiger charge is -2.33. The molecular formula is C15H26N2O2. The zero-order chi connectivity index (χ0) is 13.7. The fourth-order valence-corrected chi connectivity index (χ4v) is 3.35. The van der Waals surface area contributed by atoms with Gasteiger partial charge in [-0.05, 0) is 32.1 Å². The van der Waals surface area contributed by atoms with Gasteiger partial charge in [-0.1, -0.05) is 19.8 Å². The second-order valence-electron chi connectivity index (χ2n) is 5.81. The summed E-state index contributed by atoms with van der Waals surface area (Å²) in [7, 11) is 0. The van der Waals surface area contributed by atoms with Crippen LogP contribution in [0.2, 0.25) is 0 Å². The van der Waals surface area contributed by atoms with Crippen LogP contribution in [-0.2, 0) is 4.79 Å². The molecule has 2 amide bonds. The van der Waals surface area contributed by atoms with Crippen LogP contribution in [0.4, 0.5) is 4.79 Å². The number of likely N-dealkylation sites (tertiary alicyclic amines) is 1. The Bertz CT molecular complexity index is 330. The topological polar surface area (TPSA) is 49.4 Å². The fourth-order valence-electron chi connectivity index (χ4n) is 3.35. The Morgan fingerprint density at radius 3 is 2.89 bits per heavy atom. The predicted octanol–water partition coefficient (Wildman–Crippen LogP) is 2.72. The molecule has 0 aromatic carbocycles. The second kappa shape index (κ2) is 6.92. The molecule has 1 saturated carbocycles. The quantitative estimate of drug-likeness (QED) is 0.795. The minimum absolute atomic E-state index is 0.0364. The maximum Gasteiger partial charge on any atom is 0.317 e. The average molecular weight is 266 g/mol. The van der Waals surface area contributed by atoms with Crippen molar-refractivity contribution in [2.24, 2.45) is 5.92 Å². The Kier molecular flexibility index (Phi) is 5.23. The molecule has 2 fully saturated rings. The third kappa shape index (κ3) is 3.48. The number of carbonyl (C=O) groups is 2. The van der Waals surface area contributed by atoms with Crippen molar-refractivity contribution in [2.75, 3.05) is 13.1 Å². The number of hydrogen-bond acceptors (Lipinski definition) is 2. The van der Waals surface area contributed by atoms with Crippen molar-refractivity contribution in [1.82, 2.24) is 10.2 Å². The molecule has 1 aliphatic carbocycles. The third-order valence-electron chi connectivity index (χ3n) is 4.43. The van der Waals surface area contributed by atoms with E-state index in [0.29, 0.717) is 12.2 Å². The van der Waals surface area contributed by atoms with E-state index in [1.807, 2.05) is 4.90 Å². The minimum atomic E-state index is 0.0364. The molecule has 0 spiro atoms. The number of ketones is 1. The molecule has 1 saturated heterocycles. The van der Waals surface area contributed by atoms with Crippen molar-refractivity contribution in [1.29, 1.82) is 0 Å². The molecule has 0 aromatic heterocycles. The normalized spacial score (nSPS) is 27.6. The monoisotopic (exact) mass is 266 g/mol. The highest BCUT2D eigenvalue weighted by Gasteiger charge is 2.38. The Morgan fingerprint density at radius 1 is 1.32 bits per heavy atom. The Morgan fingerprint density at radius 2 is 2.16 bits per heavy atom. The number of urea groups is 1. The zero-order valence-electron chi connectivity index (χ0n) is 12.0. The van der Waals surface area contributed by atoms with Gasteiger partial charge in [0.05, 0.1) is 0 Å². The van der Waals surface area contributed by atoms with E-state index in [-0.39, 0.29) is 18.0 Å². The van der Waals surface area contributed by atoms with Crippen LogP contribution in [0, 0.1) is 5.92 Å². The molecule has 108 valence electrons. The maximum absolute atomic E-state index is 12.2. The van der Waals surface area contributed by atoms with Gasteiger partial charge in [-0.3, -0.25) is 4.79 Å². The lowest BCUT2D eigenvalue weighted by Crippen LogP contribution is -2.48. The summed E-state index contributed by atoms with van der Waals surface area (Å²) in [5.41, 5.74) is 0. The molecule has 1 N–H and O–H groups in total. The molecular weight excluding hydrogens is 240 g/mol. The smallest absolute Gasteiger partial charge is 0.317 e. The molecule has 2 atom stereocenters. The summed E-state index contributed by atoms with van der Waals surface area (Å²) in [6, 6.07) is 0.198. The lowest BCUT2D eigenvalue weighted by molar-refractivity contribution is -0.126. The largest absolute Gasteiger partial charge is 0.338 e. The summed E-state index contributed by atoms with van der Waals surface area (Å²) in [6.45, 7) is 3.68. The summed E-state index contributed by atoms with van der Waals surface area (Å²) in [5.74, 6) is 0.484. The molecule has 4 heteroatoms. The molecule has 4 nitrogen and oxygen atoms in total. The summed E-state index contributed by atoms with van der Waals surface area (Å²) >= 11 is 0. The van der Waals surface area contributed by atoms with Crippen molar-refractivity contribution >= 4 is 11.8 Å². The van der Waals surface area contributed by atoms with Crippen LogP contribution in [0.25, 0.3) is 0 Å². The maximum atomic E-state index is 12.2. The van der Waals surface area contributed by atoms with E-state index in [9.17, 15) is 9.59 Å². The number of unbranched alkanes of at least 4 members (excludes halogenated alkanes) is 1. The first-order valence-electron chi connectivity index (χ1n) is 7.81. The van der Waals surface area contributed by atoms with Gasteiger partial charge in [0.25, 0.3) is 0 Å². The highest BCUT2D eigenvalue weighted by atomic mass is 16.2. The molecule has 0 bridgehead atoms. The van der Waals surface area contributed by atoms with Crippen molar-refractivity contribution in [3.63, 3.8) is 0 Å². The second-order valence-corrected chi connectivity index (χ2v) is 5.81. The van der Waals surface area contributed by atoms with Gasteiger partial charge in [-0.25, -0.2) is 4.79 Å². The summed E-state index contributed by atoms with van der Waals surface area (Å²) < 4.78 is 0. The van der Waals surface area contributed by atoms with Crippen molar-refractivity contribution < 1.29 is 9.59 Å². The third-order valence-corrected chi connectivity index (χ3v) is 4.43. The van der Waals surface area contributed by atoms with Crippen molar-refractivity contribution in [3.05, 3.63) is 0 Å². The van der Waals surface area contributed by atoms with Crippen molar-refractivity contribution in [2.45, 2.75) is 64.3 Å². The van der Waals surface area contributed by atoms with Gasteiger partial charge in [-0.15, -0.1) is 0 Å². The number of nitrogens with one attached hydrogen (secondary N) is 1. The van der Waals surface area contributed by atoms with Gasteiger partial charge >= 0.3 is 6.03 Å². The summed E-state index contributed by atoms with van der Waals surface area (Å²) in [6.07, 6.45) is 8.00. The Labute approximate surface area is 115 Å². The Hall–Kier alpha value is -1.06. The van der Waals surface area contributed by atoms with E-state index in [1.165, 1.54) is 0 Å². The highest BCUT2D eigenvalue weighted by molar-refractivity contribution is 5.83. The molecule has 2 rings (SSSR count). The first-order valence-corrected chi connectivity index (χ1v) is 7.81. The van der Waals surface area contributed by atoms with E-state index in [1.54, 1.807) is 0 Å². The molecule has 1 aliphatic heterocycles. The number of hydrogen-bond donors (Lipinski definition) is 1. The van der Waals surface area contributed by atoms with E-state index in [2.05, 4.69) is 12.2 Å². The number of amides is 2. The van der Waals surface area contributed by atoms with Gasteiger partial charge < -0.3 is 10.2 Å². The molecule has 1 heterocycles. The number of nitrogens with zero attached hydrogens (tertiary/aromatic N) is 1. The molecule has 0 aromatic rings. The Balaban J connectivity index is 1.92. The van der Waals surface area contributed by atoms with Crippen LogP contribution >= 0.6 is 0 Å². The van der Waals surface area contributed by atoms with E-state index >= 15 is 0 Å². The fraction of sp³-hybridized carbons (Fsp3) is 0.867. The highest BCUT2D eigenvalue weighted by Crippen LogP contribution is 2.32. The predicted molar refractivity (Wildman–Crippen MR) is 75.0 cm³/mol. The van der Waals surface area contributed by atoms with Crippen LogP contribution < -0.4 is 5.32 Å². The van der Waals surface area contributed by atoms with Gasteiger partial charge in [-0.2, -0.15) is 0 Å². The summed E-state index contributed by atoms with van der Waals surface area (Å²) in [5, 5.41) is 2.99. The molecule has 2 aliphatic rings. The van der Waals surface area contributed by atoms with Gasteiger partial charge in [0.1, 0.15) is 5.78 Å². The first kappa shape index (κ1) is 14.4. The van der Waals surface area contributed by atoms with Gasteiger partial charge in [0, 0.05) is 31.5 Å². The average Bonchev–Trinajstić information content (AvgIpc) is 2.88. The minimum Gasteiger partial charge on any atom is -0.338 e. The van der Waals surface area contributed by atoms with Gasteiger partial charge in [0.2, 0.25) is 0 Å².